The number of aliphatic hydroxyl groups excluding tert-OH is 1. The summed E-state index contributed by atoms with van der Waals surface area (Å²) >= 11 is 0. The number of rotatable bonds is 3. The zero-order chi connectivity index (χ0) is 22.4. The molecule has 0 aromatic carbocycles. The van der Waals surface area contributed by atoms with E-state index in [2.05, 4.69) is 52.6 Å². The molecule has 4 rings (SSSR count). The van der Waals surface area contributed by atoms with Crippen molar-refractivity contribution in [3.8, 4) is 11.8 Å². The fourth-order valence-corrected chi connectivity index (χ4v) is 7.55. The van der Waals surface area contributed by atoms with Crippen LogP contribution in [0.2, 0.25) is 18.1 Å². The Labute approximate surface area is 190 Å². The summed E-state index contributed by atoms with van der Waals surface area (Å²) in [4.78, 5) is 0. The molecule has 1 spiro atoms. The molecule has 0 amide bonds. The van der Waals surface area contributed by atoms with Crippen molar-refractivity contribution in [3.63, 3.8) is 0 Å². The van der Waals surface area contributed by atoms with Gasteiger partial charge in [-0.15, -0.1) is 0 Å². The molecular weight excluding hydrogens is 404 g/mol. The normalized spacial score (nSPS) is 36.9. The molecule has 3 aliphatic carbocycles. The van der Waals surface area contributed by atoms with Crippen LogP contribution in [0.4, 0.5) is 0 Å². The highest BCUT2D eigenvalue weighted by Crippen LogP contribution is 2.61. The van der Waals surface area contributed by atoms with E-state index in [4.69, 9.17) is 13.9 Å². The first kappa shape index (κ1) is 23.8. The van der Waals surface area contributed by atoms with Crippen LogP contribution >= 0.6 is 0 Å². The Bertz CT molecular complexity index is 690. The lowest BCUT2D eigenvalue weighted by molar-refractivity contribution is -0.334. The number of fused-ring (bicyclic) bond motifs is 2. The largest absolute Gasteiger partial charge is 0.403 e. The lowest BCUT2D eigenvalue weighted by atomic mass is 9.50. The molecular formula is C26H44O4Si. The SMILES string of the molecule is CC1[C@H]2[C@H](C#C[C@@H](O[Si](C)(C)C(C)(C)C)C3CCCCC3)[C@@H](O)CC[C@H]2C12OCCO2. The van der Waals surface area contributed by atoms with Crippen LogP contribution in [0, 0.1) is 41.4 Å². The highest BCUT2D eigenvalue weighted by molar-refractivity contribution is 6.74. The standard InChI is InChI=1S/C26H44O4Si/c1-18-24-20(22(27)14-13-21(24)26(18)28-16-17-29-26)12-15-23(19-10-8-7-9-11-19)30-31(5,6)25(2,3)4/h18-24,27H,7-11,13-14,16-17H2,1-6H3/t18?,20-,21-,22+,23-,24+/m1/s1. The van der Waals surface area contributed by atoms with Gasteiger partial charge in [0.15, 0.2) is 14.1 Å². The molecule has 1 saturated heterocycles. The van der Waals surface area contributed by atoms with E-state index in [9.17, 15) is 5.11 Å². The molecule has 5 heteroatoms. The maximum Gasteiger partial charge on any atom is 0.193 e. The fraction of sp³-hybridized carbons (Fsp3) is 0.923. The van der Waals surface area contributed by atoms with E-state index in [-0.39, 0.29) is 29.1 Å². The van der Waals surface area contributed by atoms with E-state index < -0.39 is 14.1 Å². The molecule has 1 aliphatic heterocycles. The van der Waals surface area contributed by atoms with Gasteiger partial charge in [0.05, 0.1) is 25.2 Å². The van der Waals surface area contributed by atoms with E-state index >= 15 is 0 Å². The topological polar surface area (TPSA) is 47.9 Å². The van der Waals surface area contributed by atoms with Gasteiger partial charge in [-0.1, -0.05) is 58.8 Å². The number of aliphatic hydroxyl groups is 1. The van der Waals surface area contributed by atoms with Crippen molar-refractivity contribution in [1.29, 1.82) is 0 Å². The zero-order valence-electron chi connectivity index (χ0n) is 20.6. The molecule has 176 valence electrons. The highest BCUT2D eigenvalue weighted by atomic mass is 28.4. The quantitative estimate of drug-likeness (QED) is 0.467. The minimum absolute atomic E-state index is 0.00119. The summed E-state index contributed by atoms with van der Waals surface area (Å²) in [5.41, 5.74) is 0. The monoisotopic (exact) mass is 448 g/mol. The summed E-state index contributed by atoms with van der Waals surface area (Å²) in [7, 11) is -1.92. The molecule has 1 unspecified atom stereocenters. The first-order valence-corrected chi connectivity index (χ1v) is 15.6. The summed E-state index contributed by atoms with van der Waals surface area (Å²) in [5.74, 6) is 8.34. The van der Waals surface area contributed by atoms with Crippen LogP contribution in [-0.4, -0.2) is 44.6 Å². The first-order valence-electron chi connectivity index (χ1n) is 12.7. The minimum Gasteiger partial charge on any atom is -0.403 e. The molecule has 0 aromatic heterocycles. The second-order valence-electron chi connectivity index (χ2n) is 12.0. The van der Waals surface area contributed by atoms with Gasteiger partial charge in [0.25, 0.3) is 0 Å². The maximum atomic E-state index is 10.9. The zero-order valence-corrected chi connectivity index (χ0v) is 21.6. The van der Waals surface area contributed by atoms with Crippen LogP contribution in [-0.2, 0) is 13.9 Å². The Hall–Kier alpha value is -0.383. The van der Waals surface area contributed by atoms with Crippen molar-refractivity contribution in [2.24, 2.45) is 29.6 Å². The second-order valence-corrected chi connectivity index (χ2v) is 16.8. The summed E-state index contributed by atoms with van der Waals surface area (Å²) in [6, 6.07) is 0. The van der Waals surface area contributed by atoms with Crippen molar-refractivity contribution >= 4 is 8.32 Å². The van der Waals surface area contributed by atoms with Crippen LogP contribution in [0.1, 0.15) is 72.6 Å². The van der Waals surface area contributed by atoms with E-state index in [1.54, 1.807) is 0 Å². The number of hydrogen-bond acceptors (Lipinski definition) is 4. The van der Waals surface area contributed by atoms with E-state index in [0.717, 1.165) is 12.8 Å². The molecule has 4 aliphatic rings. The van der Waals surface area contributed by atoms with Crippen LogP contribution in [0.3, 0.4) is 0 Å². The van der Waals surface area contributed by atoms with E-state index in [1.807, 2.05) is 0 Å². The van der Waals surface area contributed by atoms with Gasteiger partial charge in [-0.3, -0.25) is 0 Å². The average molecular weight is 449 g/mol. The molecule has 31 heavy (non-hydrogen) atoms. The average Bonchev–Trinajstić information content (AvgIpc) is 3.24. The van der Waals surface area contributed by atoms with Crippen molar-refractivity contribution in [2.45, 2.75) is 109 Å². The predicted octanol–water partition coefficient (Wildman–Crippen LogP) is 5.36. The summed E-state index contributed by atoms with van der Waals surface area (Å²) in [6.07, 6.45) is 7.75. The van der Waals surface area contributed by atoms with Crippen molar-refractivity contribution in [1.82, 2.24) is 0 Å². The summed E-state index contributed by atoms with van der Waals surface area (Å²) in [5, 5.41) is 11.1. The molecule has 0 aromatic rings. The third-order valence-corrected chi connectivity index (χ3v) is 13.7. The van der Waals surface area contributed by atoms with Gasteiger partial charge >= 0.3 is 0 Å². The number of hydrogen-bond donors (Lipinski definition) is 1. The van der Waals surface area contributed by atoms with Crippen LogP contribution in [0.25, 0.3) is 0 Å². The third kappa shape index (κ3) is 4.28. The van der Waals surface area contributed by atoms with Gasteiger partial charge in [-0.25, -0.2) is 0 Å². The Morgan fingerprint density at radius 1 is 1.03 bits per heavy atom. The van der Waals surface area contributed by atoms with Gasteiger partial charge in [-0.05, 0) is 55.7 Å². The minimum atomic E-state index is -1.92. The molecule has 1 heterocycles. The number of ether oxygens (including phenoxy) is 2. The highest BCUT2D eigenvalue weighted by Gasteiger charge is 2.67. The first-order chi connectivity index (χ1) is 14.6. The van der Waals surface area contributed by atoms with Gasteiger partial charge in [0, 0.05) is 11.8 Å². The van der Waals surface area contributed by atoms with E-state index in [1.165, 1.54) is 32.1 Å². The molecule has 0 radical (unpaired) electrons. The third-order valence-electron chi connectivity index (χ3n) is 9.23. The van der Waals surface area contributed by atoms with Crippen molar-refractivity contribution in [2.75, 3.05) is 13.2 Å². The van der Waals surface area contributed by atoms with Crippen LogP contribution in [0.5, 0.6) is 0 Å². The predicted molar refractivity (Wildman–Crippen MR) is 126 cm³/mol. The second kappa shape index (κ2) is 8.76. The maximum absolute atomic E-state index is 10.9. The molecule has 0 bridgehead atoms. The smallest absolute Gasteiger partial charge is 0.193 e. The van der Waals surface area contributed by atoms with Gasteiger partial charge < -0.3 is 19.0 Å². The lowest BCUT2D eigenvalue weighted by Gasteiger charge is -2.61. The summed E-state index contributed by atoms with van der Waals surface area (Å²) < 4.78 is 19.1. The summed E-state index contributed by atoms with van der Waals surface area (Å²) in [6.45, 7) is 15.2. The Morgan fingerprint density at radius 3 is 2.29 bits per heavy atom. The van der Waals surface area contributed by atoms with Gasteiger partial charge in [0.1, 0.15) is 6.10 Å². The Balaban J connectivity index is 1.56. The molecule has 4 fully saturated rings. The van der Waals surface area contributed by atoms with E-state index in [0.29, 0.717) is 31.0 Å². The fourth-order valence-electron chi connectivity index (χ4n) is 6.31. The Kier molecular flexibility index (Phi) is 6.72. The van der Waals surface area contributed by atoms with Gasteiger partial charge in [-0.2, -0.15) is 0 Å². The van der Waals surface area contributed by atoms with Gasteiger partial charge in [0.2, 0.25) is 0 Å². The van der Waals surface area contributed by atoms with Crippen molar-refractivity contribution in [3.05, 3.63) is 0 Å². The Morgan fingerprint density at radius 2 is 1.68 bits per heavy atom. The van der Waals surface area contributed by atoms with Crippen LogP contribution in [0.15, 0.2) is 0 Å². The molecule has 1 N–H and O–H groups in total. The van der Waals surface area contributed by atoms with Crippen molar-refractivity contribution < 1.29 is 19.0 Å². The molecule has 4 nitrogen and oxygen atoms in total. The molecule has 6 atom stereocenters. The molecule has 3 saturated carbocycles. The lowest BCUT2D eigenvalue weighted by Crippen LogP contribution is -2.67. The van der Waals surface area contributed by atoms with Crippen LogP contribution < -0.4 is 0 Å².